The lowest BCUT2D eigenvalue weighted by Gasteiger charge is -2.10. The number of alkyl carbamates (subject to hydrolysis) is 1. The molecule has 1 rings (SSSR count). The number of ether oxygens (including phenoxy) is 1. The van der Waals surface area contributed by atoms with Gasteiger partial charge < -0.3 is 10.1 Å². The second-order valence-corrected chi connectivity index (χ2v) is 4.72. The fourth-order valence-electron chi connectivity index (χ4n) is 2.09. The Morgan fingerprint density at radius 2 is 1.88 bits per heavy atom. The number of hydrogen-bond donors (Lipinski definition) is 1. The lowest BCUT2D eigenvalue weighted by Crippen LogP contribution is -2.38. The van der Waals surface area contributed by atoms with E-state index in [9.17, 15) is 9.59 Å². The molecule has 0 radical (unpaired) electrons. The average Bonchev–Trinajstić information content (AvgIpc) is 2.62. The molecule has 0 aromatic heterocycles. The molecule has 0 aromatic carbocycles. The summed E-state index contributed by atoms with van der Waals surface area (Å²) in [7, 11) is 0. The van der Waals surface area contributed by atoms with Crippen LogP contribution in [0.4, 0.5) is 4.79 Å². The first-order chi connectivity index (χ1) is 8.15. The molecular formula is C13H23NO3. The molecule has 4 nitrogen and oxygen atoms in total. The standard InChI is InChI=1S/C13H23NO3/c1-3-4-5-6-7-8-9-11(15)12-10(2)17-13(16)14-12/h10,12H,3-9H2,1-2H3,(H,14,16)/t10-,12-/m1/s1. The first-order valence-electron chi connectivity index (χ1n) is 6.65. The molecule has 1 aliphatic rings. The van der Waals surface area contributed by atoms with Crippen molar-refractivity contribution < 1.29 is 14.3 Å². The molecule has 1 N–H and O–H groups in total. The highest BCUT2D eigenvalue weighted by atomic mass is 16.6. The maximum absolute atomic E-state index is 11.8. The van der Waals surface area contributed by atoms with Gasteiger partial charge in [-0.2, -0.15) is 0 Å². The van der Waals surface area contributed by atoms with Crippen LogP contribution in [-0.2, 0) is 9.53 Å². The Balaban J connectivity index is 2.11. The lowest BCUT2D eigenvalue weighted by molar-refractivity contribution is -0.121. The molecule has 1 amide bonds. The first-order valence-corrected chi connectivity index (χ1v) is 6.65. The van der Waals surface area contributed by atoms with Crippen LogP contribution in [0.3, 0.4) is 0 Å². The highest BCUT2D eigenvalue weighted by Gasteiger charge is 2.35. The number of ketones is 1. The molecule has 1 aliphatic heterocycles. The maximum atomic E-state index is 11.8. The summed E-state index contributed by atoms with van der Waals surface area (Å²) in [5.41, 5.74) is 0. The summed E-state index contributed by atoms with van der Waals surface area (Å²) in [5, 5.41) is 2.55. The molecule has 0 spiro atoms. The summed E-state index contributed by atoms with van der Waals surface area (Å²) >= 11 is 0. The van der Waals surface area contributed by atoms with E-state index in [-0.39, 0.29) is 11.9 Å². The molecule has 0 aromatic rings. The topological polar surface area (TPSA) is 55.4 Å². The van der Waals surface area contributed by atoms with E-state index in [1.165, 1.54) is 25.7 Å². The smallest absolute Gasteiger partial charge is 0.408 e. The van der Waals surface area contributed by atoms with Crippen molar-refractivity contribution in [3.63, 3.8) is 0 Å². The molecule has 0 unspecified atom stereocenters. The van der Waals surface area contributed by atoms with Crippen LogP contribution in [0.25, 0.3) is 0 Å². The zero-order chi connectivity index (χ0) is 12.7. The highest BCUT2D eigenvalue weighted by Crippen LogP contribution is 2.13. The van der Waals surface area contributed by atoms with Crippen LogP contribution in [-0.4, -0.2) is 24.0 Å². The van der Waals surface area contributed by atoms with Gasteiger partial charge in [-0.1, -0.05) is 39.0 Å². The van der Waals surface area contributed by atoms with E-state index in [2.05, 4.69) is 12.2 Å². The monoisotopic (exact) mass is 241 g/mol. The minimum Gasteiger partial charge on any atom is -0.444 e. The van der Waals surface area contributed by atoms with Crippen molar-refractivity contribution in [2.75, 3.05) is 0 Å². The summed E-state index contributed by atoms with van der Waals surface area (Å²) < 4.78 is 4.88. The Labute approximate surface area is 103 Å². The summed E-state index contributed by atoms with van der Waals surface area (Å²) in [6.45, 7) is 3.94. The highest BCUT2D eigenvalue weighted by molar-refractivity contribution is 5.90. The van der Waals surface area contributed by atoms with Gasteiger partial charge in [-0.05, 0) is 13.3 Å². The van der Waals surface area contributed by atoms with Crippen molar-refractivity contribution in [2.45, 2.75) is 70.9 Å². The van der Waals surface area contributed by atoms with Crippen molar-refractivity contribution in [3.05, 3.63) is 0 Å². The number of hydrogen-bond acceptors (Lipinski definition) is 3. The van der Waals surface area contributed by atoms with Gasteiger partial charge in [-0.15, -0.1) is 0 Å². The molecular weight excluding hydrogens is 218 g/mol. The fourth-order valence-corrected chi connectivity index (χ4v) is 2.09. The molecule has 0 saturated carbocycles. The molecule has 0 aliphatic carbocycles. The SMILES string of the molecule is CCCCCCCCC(=O)[C@@H]1NC(=O)O[C@@H]1C. The van der Waals surface area contributed by atoms with E-state index >= 15 is 0 Å². The van der Waals surface area contributed by atoms with Crippen molar-refractivity contribution in [1.82, 2.24) is 5.32 Å². The number of unbranched alkanes of at least 4 members (excludes halogenated alkanes) is 5. The van der Waals surface area contributed by atoms with Crippen LogP contribution in [0.5, 0.6) is 0 Å². The van der Waals surface area contributed by atoms with E-state index < -0.39 is 12.1 Å². The van der Waals surface area contributed by atoms with Gasteiger partial charge in [0.15, 0.2) is 5.78 Å². The summed E-state index contributed by atoms with van der Waals surface area (Å²) in [6, 6.07) is -0.432. The molecule has 2 atom stereocenters. The Morgan fingerprint density at radius 3 is 2.47 bits per heavy atom. The van der Waals surface area contributed by atoms with Gasteiger partial charge >= 0.3 is 6.09 Å². The Kier molecular flexibility index (Phi) is 6.01. The third-order valence-electron chi connectivity index (χ3n) is 3.16. The Bertz CT molecular complexity index is 265. The van der Waals surface area contributed by atoms with Gasteiger partial charge in [0.05, 0.1) is 0 Å². The third-order valence-corrected chi connectivity index (χ3v) is 3.16. The second-order valence-electron chi connectivity index (χ2n) is 4.72. The first kappa shape index (κ1) is 14.0. The van der Waals surface area contributed by atoms with E-state index in [0.717, 1.165) is 12.8 Å². The van der Waals surface area contributed by atoms with Crippen molar-refractivity contribution in [3.8, 4) is 0 Å². The average molecular weight is 241 g/mol. The van der Waals surface area contributed by atoms with Crippen LogP contribution in [0.2, 0.25) is 0 Å². The van der Waals surface area contributed by atoms with Crippen LogP contribution < -0.4 is 5.32 Å². The zero-order valence-electron chi connectivity index (χ0n) is 10.8. The predicted molar refractivity (Wildman–Crippen MR) is 65.9 cm³/mol. The fraction of sp³-hybridized carbons (Fsp3) is 0.846. The minimum absolute atomic E-state index is 0.0961. The van der Waals surface area contributed by atoms with Crippen LogP contribution >= 0.6 is 0 Å². The molecule has 1 fully saturated rings. The Hall–Kier alpha value is -1.06. The zero-order valence-corrected chi connectivity index (χ0v) is 10.8. The summed E-state index contributed by atoms with van der Waals surface area (Å²) in [5.74, 6) is 0.0961. The molecule has 4 heteroatoms. The number of nitrogens with one attached hydrogen (secondary N) is 1. The van der Waals surface area contributed by atoms with Crippen LogP contribution in [0.15, 0.2) is 0 Å². The molecule has 0 bridgehead atoms. The van der Waals surface area contributed by atoms with Gasteiger partial charge in [0.1, 0.15) is 12.1 Å². The van der Waals surface area contributed by atoms with E-state index in [4.69, 9.17) is 4.74 Å². The molecule has 1 heterocycles. The van der Waals surface area contributed by atoms with E-state index in [1.54, 1.807) is 6.92 Å². The van der Waals surface area contributed by atoms with Gasteiger partial charge in [-0.3, -0.25) is 4.79 Å². The second kappa shape index (κ2) is 7.30. The predicted octanol–water partition coefficient (Wildman–Crippen LogP) is 2.80. The number of carbonyl (C=O) groups excluding carboxylic acids is 2. The molecule has 98 valence electrons. The molecule has 17 heavy (non-hydrogen) atoms. The summed E-state index contributed by atoms with van der Waals surface area (Å²) in [6.07, 6.45) is 6.73. The molecule has 1 saturated heterocycles. The van der Waals surface area contributed by atoms with Crippen LogP contribution in [0.1, 0.15) is 58.8 Å². The van der Waals surface area contributed by atoms with Crippen molar-refractivity contribution >= 4 is 11.9 Å². The number of rotatable bonds is 8. The van der Waals surface area contributed by atoms with Crippen molar-refractivity contribution in [2.24, 2.45) is 0 Å². The third kappa shape index (κ3) is 4.75. The number of carbonyl (C=O) groups is 2. The van der Waals surface area contributed by atoms with Gasteiger partial charge in [0, 0.05) is 6.42 Å². The number of amides is 1. The quantitative estimate of drug-likeness (QED) is 0.665. The van der Waals surface area contributed by atoms with Gasteiger partial charge in [0.2, 0.25) is 0 Å². The van der Waals surface area contributed by atoms with E-state index in [0.29, 0.717) is 6.42 Å². The normalized spacial score (nSPS) is 23.3. The van der Waals surface area contributed by atoms with Gasteiger partial charge in [0.25, 0.3) is 0 Å². The lowest BCUT2D eigenvalue weighted by atomic mass is 10.0. The van der Waals surface area contributed by atoms with Gasteiger partial charge in [-0.25, -0.2) is 4.79 Å². The summed E-state index contributed by atoms with van der Waals surface area (Å²) in [4.78, 5) is 22.7. The largest absolute Gasteiger partial charge is 0.444 e. The maximum Gasteiger partial charge on any atom is 0.408 e. The van der Waals surface area contributed by atoms with Crippen molar-refractivity contribution in [1.29, 1.82) is 0 Å². The number of Topliss-reactive ketones (excluding diaryl/α,β-unsaturated/α-hetero) is 1. The van der Waals surface area contributed by atoms with E-state index in [1.807, 2.05) is 0 Å². The number of cyclic esters (lactones) is 1. The van der Waals surface area contributed by atoms with Crippen LogP contribution in [0, 0.1) is 0 Å². The minimum atomic E-state index is -0.473. The Morgan fingerprint density at radius 1 is 1.24 bits per heavy atom.